The van der Waals surface area contributed by atoms with Crippen LogP contribution in [0.25, 0.3) is 0 Å². The van der Waals surface area contributed by atoms with Gasteiger partial charge < -0.3 is 14.4 Å². The number of hydrogen-bond donors (Lipinski definition) is 0. The average Bonchev–Trinajstić information content (AvgIpc) is 2.84. The van der Waals surface area contributed by atoms with Gasteiger partial charge in [0, 0.05) is 57.2 Å². The summed E-state index contributed by atoms with van der Waals surface area (Å²) < 4.78 is 10.8. The summed E-state index contributed by atoms with van der Waals surface area (Å²) in [6.07, 6.45) is 5.05. The first-order chi connectivity index (χ1) is 12.1. The number of ether oxygens (including phenoxy) is 2. The molecule has 0 amide bonds. The van der Waals surface area contributed by atoms with Gasteiger partial charge in [-0.15, -0.1) is 0 Å². The van der Waals surface area contributed by atoms with Crippen LogP contribution in [0, 0.1) is 6.92 Å². The first kappa shape index (κ1) is 18.5. The normalized spacial score (nSPS) is 26.2. The molecule has 0 spiro atoms. The van der Waals surface area contributed by atoms with Gasteiger partial charge in [-0.1, -0.05) is 0 Å². The van der Waals surface area contributed by atoms with Gasteiger partial charge in [-0.2, -0.15) is 0 Å². The molecule has 1 aromatic heterocycles. The zero-order valence-electron chi connectivity index (χ0n) is 16.1. The Balaban J connectivity index is 1.68. The van der Waals surface area contributed by atoms with Crippen LogP contribution in [0.15, 0.2) is 6.07 Å². The van der Waals surface area contributed by atoms with Crippen molar-refractivity contribution in [2.45, 2.75) is 64.3 Å². The topological polar surface area (TPSA) is 50.7 Å². The van der Waals surface area contributed by atoms with Gasteiger partial charge in [-0.25, -0.2) is 9.97 Å². The van der Waals surface area contributed by atoms with E-state index in [1.54, 1.807) is 7.11 Å². The molecule has 2 fully saturated rings. The summed E-state index contributed by atoms with van der Waals surface area (Å²) in [5, 5.41) is 0. The minimum Gasteiger partial charge on any atom is -0.383 e. The van der Waals surface area contributed by atoms with Crippen molar-refractivity contribution in [1.29, 1.82) is 0 Å². The highest BCUT2D eigenvalue weighted by molar-refractivity contribution is 5.40. The molecule has 3 rings (SSSR count). The predicted octanol–water partition coefficient (Wildman–Crippen LogP) is 2.40. The maximum Gasteiger partial charge on any atom is 0.156 e. The van der Waals surface area contributed by atoms with Crippen molar-refractivity contribution < 1.29 is 9.47 Å². The van der Waals surface area contributed by atoms with E-state index in [9.17, 15) is 0 Å². The second kappa shape index (κ2) is 8.43. The predicted molar refractivity (Wildman–Crippen MR) is 98.9 cm³/mol. The highest BCUT2D eigenvalue weighted by Crippen LogP contribution is 2.37. The number of aryl methyl sites for hydroxylation is 1. The van der Waals surface area contributed by atoms with Crippen LogP contribution in [0.4, 0.5) is 5.82 Å². The molecule has 0 N–H and O–H groups in total. The molecular formula is C19H32N4O2. The summed E-state index contributed by atoms with van der Waals surface area (Å²) in [6, 6.07) is 4.01. The summed E-state index contributed by atoms with van der Waals surface area (Å²) in [6.45, 7) is 7.10. The average molecular weight is 348 g/mol. The molecule has 2 saturated heterocycles. The summed E-state index contributed by atoms with van der Waals surface area (Å²) in [5.74, 6) is 1.81. The van der Waals surface area contributed by atoms with Crippen LogP contribution in [0.2, 0.25) is 0 Å². The van der Waals surface area contributed by atoms with Crippen LogP contribution in [0.1, 0.15) is 44.1 Å². The molecule has 1 aromatic rings. The fourth-order valence-corrected chi connectivity index (χ4v) is 4.36. The Morgan fingerprint density at radius 1 is 1.24 bits per heavy atom. The van der Waals surface area contributed by atoms with Crippen molar-refractivity contribution in [1.82, 2.24) is 14.9 Å². The smallest absolute Gasteiger partial charge is 0.156 e. The number of hydrogen-bond acceptors (Lipinski definition) is 6. The van der Waals surface area contributed by atoms with Crippen molar-refractivity contribution >= 4 is 5.82 Å². The van der Waals surface area contributed by atoms with Crippen molar-refractivity contribution in [3.8, 4) is 0 Å². The Morgan fingerprint density at radius 3 is 2.60 bits per heavy atom. The Hall–Kier alpha value is -1.24. The van der Waals surface area contributed by atoms with Crippen LogP contribution in [0.5, 0.6) is 0 Å². The molecule has 0 aliphatic carbocycles. The summed E-state index contributed by atoms with van der Waals surface area (Å²) >= 11 is 0. The zero-order chi connectivity index (χ0) is 17.8. The fourth-order valence-electron chi connectivity index (χ4n) is 4.36. The minimum absolute atomic E-state index is 0.486. The number of anilines is 1. The highest BCUT2D eigenvalue weighted by atomic mass is 16.5. The van der Waals surface area contributed by atoms with E-state index < -0.39 is 0 Å². The lowest BCUT2D eigenvalue weighted by Crippen LogP contribution is -2.50. The van der Waals surface area contributed by atoms with Gasteiger partial charge in [-0.3, -0.25) is 4.90 Å². The number of methoxy groups -OCH3 is 1. The Morgan fingerprint density at radius 2 is 1.96 bits per heavy atom. The summed E-state index contributed by atoms with van der Waals surface area (Å²) in [5.41, 5.74) is 1.01. The maximum absolute atomic E-state index is 5.49. The van der Waals surface area contributed by atoms with Gasteiger partial charge >= 0.3 is 0 Å². The molecule has 3 heterocycles. The van der Waals surface area contributed by atoms with Crippen LogP contribution in [-0.2, 0) is 16.1 Å². The van der Waals surface area contributed by atoms with Crippen LogP contribution in [0.3, 0.4) is 0 Å². The molecule has 25 heavy (non-hydrogen) atoms. The lowest BCUT2D eigenvalue weighted by atomic mass is 9.96. The highest BCUT2D eigenvalue weighted by Gasteiger charge is 2.41. The number of nitrogens with zero attached hydrogens (tertiary/aromatic N) is 4. The van der Waals surface area contributed by atoms with E-state index in [0.29, 0.717) is 31.3 Å². The van der Waals surface area contributed by atoms with E-state index in [2.05, 4.69) is 27.9 Å². The molecule has 6 nitrogen and oxygen atoms in total. The molecule has 2 aliphatic rings. The Kier molecular flexibility index (Phi) is 6.25. The van der Waals surface area contributed by atoms with Gasteiger partial charge in [0.15, 0.2) is 5.82 Å². The standard InChI is InChI=1S/C19H32N4O2/c1-5-25-13-18-20-14(2)10-19(21-18)22(3)17-11-15-6-7-16(12-17)23(15)8-9-24-4/h10,15-17H,5-9,11-13H2,1-4H3. The second-order valence-corrected chi connectivity index (χ2v) is 7.27. The van der Waals surface area contributed by atoms with E-state index in [1.807, 2.05) is 13.8 Å². The summed E-state index contributed by atoms with van der Waals surface area (Å²) in [4.78, 5) is 14.3. The van der Waals surface area contributed by atoms with Gasteiger partial charge in [-0.05, 0) is 39.5 Å². The second-order valence-electron chi connectivity index (χ2n) is 7.27. The van der Waals surface area contributed by atoms with E-state index in [-0.39, 0.29) is 0 Å². The zero-order valence-corrected chi connectivity index (χ0v) is 16.1. The largest absolute Gasteiger partial charge is 0.383 e. The van der Waals surface area contributed by atoms with Crippen LogP contribution in [-0.4, -0.2) is 66.9 Å². The summed E-state index contributed by atoms with van der Waals surface area (Å²) in [7, 11) is 3.97. The number of aromatic nitrogens is 2. The van der Waals surface area contributed by atoms with Crippen molar-refractivity contribution in [3.63, 3.8) is 0 Å². The molecule has 2 unspecified atom stereocenters. The molecule has 2 bridgehead atoms. The van der Waals surface area contributed by atoms with Crippen LogP contribution < -0.4 is 4.90 Å². The lowest BCUT2D eigenvalue weighted by molar-refractivity contribution is 0.0830. The molecule has 2 aliphatic heterocycles. The van der Waals surface area contributed by atoms with Crippen LogP contribution >= 0.6 is 0 Å². The number of rotatable bonds is 8. The molecule has 0 radical (unpaired) electrons. The molecule has 2 atom stereocenters. The van der Waals surface area contributed by atoms with Crippen molar-refractivity contribution in [2.24, 2.45) is 0 Å². The lowest BCUT2D eigenvalue weighted by Gasteiger charge is -2.42. The van der Waals surface area contributed by atoms with E-state index in [4.69, 9.17) is 14.5 Å². The minimum atomic E-state index is 0.486. The third kappa shape index (κ3) is 4.30. The van der Waals surface area contributed by atoms with Gasteiger partial charge in [0.05, 0.1) is 6.61 Å². The number of fused-ring (bicyclic) bond motifs is 2. The monoisotopic (exact) mass is 348 g/mol. The molecular weight excluding hydrogens is 316 g/mol. The molecule has 140 valence electrons. The first-order valence-electron chi connectivity index (χ1n) is 9.52. The number of piperidine rings is 1. The fraction of sp³-hybridized carbons (Fsp3) is 0.789. The third-order valence-electron chi connectivity index (χ3n) is 5.64. The molecule has 0 saturated carbocycles. The SMILES string of the molecule is CCOCc1nc(C)cc(N(C)C2CC3CCC(C2)N3CCOC)n1. The Labute approximate surface area is 151 Å². The maximum atomic E-state index is 5.49. The van der Waals surface area contributed by atoms with Gasteiger partial charge in [0.2, 0.25) is 0 Å². The van der Waals surface area contributed by atoms with Gasteiger partial charge in [0.1, 0.15) is 12.4 Å². The Bertz CT molecular complexity index is 554. The van der Waals surface area contributed by atoms with Gasteiger partial charge in [0.25, 0.3) is 0 Å². The van der Waals surface area contributed by atoms with E-state index in [1.165, 1.54) is 25.7 Å². The van der Waals surface area contributed by atoms with E-state index in [0.717, 1.165) is 30.5 Å². The first-order valence-corrected chi connectivity index (χ1v) is 9.52. The van der Waals surface area contributed by atoms with Crippen molar-refractivity contribution in [3.05, 3.63) is 17.6 Å². The van der Waals surface area contributed by atoms with Crippen molar-refractivity contribution in [2.75, 3.05) is 38.8 Å². The quantitative estimate of drug-likeness (QED) is 0.719. The molecule has 0 aromatic carbocycles. The third-order valence-corrected chi connectivity index (χ3v) is 5.64. The molecule has 6 heteroatoms. The van der Waals surface area contributed by atoms with E-state index >= 15 is 0 Å².